The predicted molar refractivity (Wildman–Crippen MR) is 97.1 cm³/mol. The van der Waals surface area contributed by atoms with Gasteiger partial charge in [0.05, 0.1) is 13.2 Å². The van der Waals surface area contributed by atoms with Gasteiger partial charge in [-0.15, -0.1) is 0 Å². The van der Waals surface area contributed by atoms with Crippen LogP contribution in [-0.2, 0) is 11.3 Å². The highest BCUT2D eigenvalue weighted by Gasteiger charge is 2.06. The van der Waals surface area contributed by atoms with Crippen LogP contribution >= 0.6 is 0 Å². The summed E-state index contributed by atoms with van der Waals surface area (Å²) in [5.41, 5.74) is 2.26. The number of carbonyl (C=O) groups is 1. The number of benzene rings is 2. The number of ether oxygens (including phenoxy) is 1. The number of amides is 1. The van der Waals surface area contributed by atoms with Gasteiger partial charge in [-0.1, -0.05) is 48.5 Å². The lowest BCUT2D eigenvalue weighted by molar-refractivity contribution is -0.122. The van der Waals surface area contributed by atoms with E-state index in [1.54, 1.807) is 0 Å². The topological polar surface area (TPSA) is 41.6 Å². The first-order valence-corrected chi connectivity index (χ1v) is 8.33. The van der Waals surface area contributed by atoms with Gasteiger partial charge in [0.25, 0.3) is 0 Å². The molecule has 0 fully saturated rings. The minimum atomic E-state index is 0.0428. The van der Waals surface area contributed by atoms with E-state index >= 15 is 0 Å². The minimum Gasteiger partial charge on any atom is -0.493 e. The molecule has 0 saturated carbocycles. The zero-order valence-electron chi connectivity index (χ0n) is 14.5. The lowest BCUT2D eigenvalue weighted by atomic mass is 10.2. The Bertz CT molecular complexity index is 629. The molecule has 1 amide bonds. The van der Waals surface area contributed by atoms with Gasteiger partial charge in [-0.25, -0.2) is 0 Å². The van der Waals surface area contributed by atoms with Crippen molar-refractivity contribution in [2.45, 2.75) is 19.9 Å². The van der Waals surface area contributed by atoms with Crippen LogP contribution in [0.15, 0.2) is 54.6 Å². The number of nitrogens with one attached hydrogen (secondary N) is 1. The van der Waals surface area contributed by atoms with Crippen LogP contribution in [0, 0.1) is 6.92 Å². The molecule has 0 aromatic heterocycles. The van der Waals surface area contributed by atoms with Gasteiger partial charge in [0.15, 0.2) is 0 Å². The molecule has 2 rings (SSSR count). The highest BCUT2D eigenvalue weighted by molar-refractivity contribution is 5.77. The SMILES string of the molecule is Cc1ccccc1OCCCN(C)CC(=O)NCc1ccccc1. The van der Waals surface area contributed by atoms with Crippen molar-refractivity contribution < 1.29 is 9.53 Å². The van der Waals surface area contributed by atoms with E-state index < -0.39 is 0 Å². The Morgan fingerprint density at radius 3 is 2.54 bits per heavy atom. The van der Waals surface area contributed by atoms with Crippen LogP contribution in [0.5, 0.6) is 5.75 Å². The molecule has 0 heterocycles. The second-order valence-electron chi connectivity index (χ2n) is 5.97. The van der Waals surface area contributed by atoms with Crippen molar-refractivity contribution in [2.24, 2.45) is 0 Å². The van der Waals surface area contributed by atoms with Crippen LogP contribution in [-0.4, -0.2) is 37.6 Å². The van der Waals surface area contributed by atoms with Crippen molar-refractivity contribution in [3.63, 3.8) is 0 Å². The van der Waals surface area contributed by atoms with Gasteiger partial charge < -0.3 is 10.1 Å². The van der Waals surface area contributed by atoms with Crippen LogP contribution in [0.25, 0.3) is 0 Å². The summed E-state index contributed by atoms with van der Waals surface area (Å²) in [7, 11) is 1.95. The molecule has 0 radical (unpaired) electrons. The molecular formula is C20H26N2O2. The highest BCUT2D eigenvalue weighted by atomic mass is 16.5. The molecule has 24 heavy (non-hydrogen) atoms. The van der Waals surface area contributed by atoms with Crippen molar-refractivity contribution in [1.82, 2.24) is 10.2 Å². The lowest BCUT2D eigenvalue weighted by Gasteiger charge is -2.16. The van der Waals surface area contributed by atoms with Crippen molar-refractivity contribution in [1.29, 1.82) is 0 Å². The van der Waals surface area contributed by atoms with E-state index in [0.717, 1.165) is 29.8 Å². The highest BCUT2D eigenvalue weighted by Crippen LogP contribution is 2.16. The summed E-state index contributed by atoms with van der Waals surface area (Å²) in [6.45, 7) is 4.49. The Balaban J connectivity index is 1.60. The average molecular weight is 326 g/mol. The molecule has 4 nitrogen and oxygen atoms in total. The second-order valence-corrected chi connectivity index (χ2v) is 5.97. The minimum absolute atomic E-state index is 0.0428. The molecule has 2 aromatic rings. The number of rotatable bonds is 9. The largest absolute Gasteiger partial charge is 0.493 e. The molecule has 0 atom stereocenters. The van der Waals surface area contributed by atoms with E-state index in [1.165, 1.54) is 0 Å². The van der Waals surface area contributed by atoms with Crippen LogP contribution in [0.2, 0.25) is 0 Å². The summed E-state index contributed by atoms with van der Waals surface area (Å²) < 4.78 is 5.77. The van der Waals surface area contributed by atoms with E-state index in [9.17, 15) is 4.79 Å². The molecule has 0 spiro atoms. The van der Waals surface area contributed by atoms with Crippen LogP contribution in [0.1, 0.15) is 17.5 Å². The van der Waals surface area contributed by atoms with Crippen molar-refractivity contribution in [2.75, 3.05) is 26.7 Å². The monoisotopic (exact) mass is 326 g/mol. The summed E-state index contributed by atoms with van der Waals surface area (Å²) in [6, 6.07) is 17.9. The third-order valence-electron chi connectivity index (χ3n) is 3.78. The number of aryl methyl sites for hydroxylation is 1. The molecule has 4 heteroatoms. The Labute approximate surface area is 144 Å². The molecular weight excluding hydrogens is 300 g/mol. The van der Waals surface area contributed by atoms with E-state index in [2.05, 4.69) is 5.32 Å². The maximum Gasteiger partial charge on any atom is 0.234 e. The first-order valence-electron chi connectivity index (χ1n) is 8.33. The summed E-state index contributed by atoms with van der Waals surface area (Å²) in [5.74, 6) is 0.974. The molecule has 128 valence electrons. The fraction of sp³-hybridized carbons (Fsp3) is 0.350. The molecule has 0 bridgehead atoms. The van der Waals surface area contributed by atoms with Crippen molar-refractivity contribution in [3.8, 4) is 5.75 Å². The number of hydrogen-bond donors (Lipinski definition) is 1. The summed E-state index contributed by atoms with van der Waals surface area (Å²) >= 11 is 0. The van der Waals surface area contributed by atoms with Gasteiger partial charge in [-0.3, -0.25) is 9.69 Å². The average Bonchev–Trinajstić information content (AvgIpc) is 2.59. The van der Waals surface area contributed by atoms with Gasteiger partial charge >= 0.3 is 0 Å². The summed E-state index contributed by atoms with van der Waals surface area (Å²) in [6.07, 6.45) is 0.886. The van der Waals surface area contributed by atoms with Gasteiger partial charge in [-0.2, -0.15) is 0 Å². The predicted octanol–water partition coefficient (Wildman–Crippen LogP) is 3.01. The Kier molecular flexibility index (Phi) is 7.30. The van der Waals surface area contributed by atoms with Gasteiger partial charge in [0.2, 0.25) is 5.91 Å². The standard InChI is InChI=1S/C20H26N2O2/c1-17-9-6-7-12-19(17)24-14-8-13-22(2)16-20(23)21-15-18-10-4-3-5-11-18/h3-7,9-12H,8,13-16H2,1-2H3,(H,21,23). The van der Waals surface area contributed by atoms with E-state index in [0.29, 0.717) is 19.7 Å². The van der Waals surface area contributed by atoms with E-state index in [1.807, 2.05) is 73.5 Å². The smallest absolute Gasteiger partial charge is 0.234 e. The van der Waals surface area contributed by atoms with Gasteiger partial charge in [-0.05, 0) is 37.6 Å². The van der Waals surface area contributed by atoms with Crippen molar-refractivity contribution in [3.05, 3.63) is 65.7 Å². The third-order valence-corrected chi connectivity index (χ3v) is 3.78. The normalized spacial score (nSPS) is 10.6. The maximum atomic E-state index is 11.9. The maximum absolute atomic E-state index is 11.9. The zero-order valence-corrected chi connectivity index (χ0v) is 14.5. The first-order chi connectivity index (χ1) is 11.6. The van der Waals surface area contributed by atoms with Crippen molar-refractivity contribution >= 4 is 5.91 Å². The molecule has 1 N–H and O–H groups in total. The Hall–Kier alpha value is -2.33. The summed E-state index contributed by atoms with van der Waals surface area (Å²) in [4.78, 5) is 14.0. The van der Waals surface area contributed by atoms with E-state index in [-0.39, 0.29) is 5.91 Å². The number of para-hydroxylation sites is 1. The molecule has 2 aromatic carbocycles. The fourth-order valence-electron chi connectivity index (χ4n) is 2.41. The Morgan fingerprint density at radius 2 is 1.79 bits per heavy atom. The lowest BCUT2D eigenvalue weighted by Crippen LogP contribution is -2.35. The molecule has 0 aliphatic carbocycles. The second kappa shape index (κ2) is 9.73. The molecule has 0 unspecified atom stereocenters. The van der Waals surface area contributed by atoms with Crippen LogP contribution in [0.3, 0.4) is 0 Å². The number of nitrogens with zero attached hydrogens (tertiary/aromatic N) is 1. The number of carbonyl (C=O) groups excluding carboxylic acids is 1. The van der Waals surface area contributed by atoms with Gasteiger partial charge in [0, 0.05) is 13.1 Å². The third kappa shape index (κ3) is 6.42. The number of hydrogen-bond acceptors (Lipinski definition) is 3. The molecule has 0 saturated heterocycles. The number of likely N-dealkylation sites (N-methyl/N-ethyl adjacent to an activating group) is 1. The molecule has 0 aliphatic heterocycles. The van der Waals surface area contributed by atoms with E-state index in [4.69, 9.17) is 4.74 Å². The first kappa shape index (κ1) is 18.0. The molecule has 0 aliphatic rings. The van der Waals surface area contributed by atoms with Gasteiger partial charge in [0.1, 0.15) is 5.75 Å². The quantitative estimate of drug-likeness (QED) is 0.720. The summed E-state index contributed by atoms with van der Waals surface area (Å²) in [5, 5.41) is 2.94. The fourth-order valence-corrected chi connectivity index (χ4v) is 2.41. The Morgan fingerprint density at radius 1 is 1.08 bits per heavy atom. The zero-order chi connectivity index (χ0) is 17.2. The van der Waals surface area contributed by atoms with Crippen LogP contribution in [0.4, 0.5) is 0 Å². The van der Waals surface area contributed by atoms with Crippen LogP contribution < -0.4 is 10.1 Å².